The SMILES string of the molecule is CN1CCN(S(=O)(=O)c2ccc(N3CCN(Cc4c(F)cccc4Cl)CC3)nc2)CC1. The molecule has 0 bridgehead atoms. The van der Waals surface area contributed by atoms with Gasteiger partial charge < -0.3 is 9.80 Å². The predicted octanol–water partition coefficient (Wildman–Crippen LogP) is 2.13. The Morgan fingerprint density at radius 3 is 2.32 bits per heavy atom. The number of aromatic nitrogens is 1. The number of anilines is 1. The van der Waals surface area contributed by atoms with Gasteiger partial charge >= 0.3 is 0 Å². The maximum absolute atomic E-state index is 14.0. The van der Waals surface area contributed by atoms with Crippen molar-refractivity contribution in [1.29, 1.82) is 0 Å². The van der Waals surface area contributed by atoms with Crippen LogP contribution in [0.1, 0.15) is 5.56 Å². The van der Waals surface area contributed by atoms with Crippen LogP contribution < -0.4 is 4.90 Å². The summed E-state index contributed by atoms with van der Waals surface area (Å²) in [4.78, 5) is 11.1. The number of rotatable bonds is 5. The van der Waals surface area contributed by atoms with Crippen LogP contribution in [0.25, 0.3) is 0 Å². The Bertz CT molecular complexity index is 985. The fraction of sp³-hybridized carbons (Fsp3) is 0.476. The number of hydrogen-bond acceptors (Lipinski definition) is 6. The largest absolute Gasteiger partial charge is 0.354 e. The van der Waals surface area contributed by atoms with Crippen LogP contribution in [0.4, 0.5) is 10.2 Å². The van der Waals surface area contributed by atoms with Gasteiger partial charge in [0.25, 0.3) is 0 Å². The summed E-state index contributed by atoms with van der Waals surface area (Å²) < 4.78 is 41.3. The van der Waals surface area contributed by atoms with Crippen molar-refractivity contribution in [3.8, 4) is 0 Å². The first-order valence-corrected chi connectivity index (χ1v) is 12.2. The Balaban J connectivity index is 1.36. The van der Waals surface area contributed by atoms with Gasteiger partial charge in [0.1, 0.15) is 16.5 Å². The van der Waals surface area contributed by atoms with E-state index in [1.807, 2.05) is 7.05 Å². The van der Waals surface area contributed by atoms with Crippen molar-refractivity contribution in [2.75, 3.05) is 64.3 Å². The quantitative estimate of drug-likeness (QED) is 0.671. The molecule has 4 rings (SSSR count). The van der Waals surface area contributed by atoms with Crippen LogP contribution in [-0.2, 0) is 16.6 Å². The van der Waals surface area contributed by atoms with Crippen molar-refractivity contribution in [3.05, 3.63) is 52.9 Å². The molecule has 0 unspecified atom stereocenters. The lowest BCUT2D eigenvalue weighted by Gasteiger charge is -2.35. The second kappa shape index (κ2) is 9.38. The zero-order valence-electron chi connectivity index (χ0n) is 17.5. The summed E-state index contributed by atoms with van der Waals surface area (Å²) in [7, 11) is -1.52. The molecule has 0 radical (unpaired) electrons. The Kier molecular flexibility index (Phi) is 6.78. The summed E-state index contributed by atoms with van der Waals surface area (Å²) in [5, 5.41) is 0.446. The third kappa shape index (κ3) is 5.01. The van der Waals surface area contributed by atoms with Crippen LogP contribution in [0.2, 0.25) is 5.02 Å². The monoisotopic (exact) mass is 467 g/mol. The smallest absolute Gasteiger partial charge is 0.244 e. The molecule has 2 aliphatic rings. The third-order valence-corrected chi connectivity index (χ3v) is 8.20. The van der Waals surface area contributed by atoms with Crippen LogP contribution in [0.15, 0.2) is 41.4 Å². The number of sulfonamides is 1. The van der Waals surface area contributed by atoms with Crippen molar-refractivity contribution in [3.63, 3.8) is 0 Å². The van der Waals surface area contributed by atoms with Crippen molar-refractivity contribution in [1.82, 2.24) is 19.1 Å². The van der Waals surface area contributed by atoms with Gasteiger partial charge in [-0.05, 0) is 31.3 Å². The van der Waals surface area contributed by atoms with E-state index < -0.39 is 10.0 Å². The molecule has 0 amide bonds. The standard InChI is InChI=1S/C21H27ClFN5O2S/c1-25-7-13-28(14-8-25)31(29,30)17-5-6-21(24-15-17)27-11-9-26(10-12-27)16-18-19(22)3-2-4-20(18)23/h2-6,15H,7-14,16H2,1H3. The second-order valence-electron chi connectivity index (χ2n) is 8.02. The third-order valence-electron chi connectivity index (χ3n) is 5.96. The van der Waals surface area contributed by atoms with Gasteiger partial charge in [-0.25, -0.2) is 17.8 Å². The number of benzene rings is 1. The van der Waals surface area contributed by atoms with Gasteiger partial charge in [-0.15, -0.1) is 0 Å². The number of likely N-dealkylation sites (N-methyl/N-ethyl adjacent to an activating group) is 1. The van der Waals surface area contributed by atoms with E-state index in [4.69, 9.17) is 11.6 Å². The summed E-state index contributed by atoms with van der Waals surface area (Å²) in [6.07, 6.45) is 1.45. The highest BCUT2D eigenvalue weighted by Gasteiger charge is 2.28. The van der Waals surface area contributed by atoms with Gasteiger partial charge in [-0.1, -0.05) is 17.7 Å². The molecule has 3 heterocycles. The molecule has 2 fully saturated rings. The minimum Gasteiger partial charge on any atom is -0.354 e. The van der Waals surface area contributed by atoms with E-state index in [0.29, 0.717) is 30.2 Å². The minimum absolute atomic E-state index is 0.230. The van der Waals surface area contributed by atoms with Crippen molar-refractivity contribution in [2.45, 2.75) is 11.4 Å². The summed E-state index contributed by atoms with van der Waals surface area (Å²) in [6, 6.07) is 8.16. The van der Waals surface area contributed by atoms with Gasteiger partial charge in [0.15, 0.2) is 0 Å². The number of halogens is 2. The van der Waals surface area contributed by atoms with Gasteiger partial charge in [-0.2, -0.15) is 4.31 Å². The van der Waals surface area contributed by atoms with Gasteiger partial charge in [0.05, 0.1) is 0 Å². The summed E-state index contributed by atoms with van der Waals surface area (Å²) in [6.45, 7) is 5.85. The van der Waals surface area contributed by atoms with E-state index in [1.165, 1.54) is 16.6 Å². The number of nitrogens with zero attached hydrogens (tertiary/aromatic N) is 5. The van der Waals surface area contributed by atoms with E-state index in [-0.39, 0.29) is 10.7 Å². The number of piperazine rings is 2. The first kappa shape index (κ1) is 22.4. The Morgan fingerprint density at radius 1 is 1.00 bits per heavy atom. The Morgan fingerprint density at radius 2 is 1.71 bits per heavy atom. The zero-order chi connectivity index (χ0) is 22.0. The minimum atomic E-state index is -3.52. The first-order valence-electron chi connectivity index (χ1n) is 10.4. The first-order chi connectivity index (χ1) is 14.8. The molecular weight excluding hydrogens is 441 g/mol. The molecular formula is C21H27ClFN5O2S. The summed E-state index contributed by atoms with van der Waals surface area (Å²) in [5.74, 6) is 0.467. The lowest BCUT2D eigenvalue weighted by molar-refractivity contribution is 0.222. The average Bonchev–Trinajstić information content (AvgIpc) is 2.77. The molecule has 0 atom stereocenters. The number of hydrogen-bond donors (Lipinski definition) is 0. The molecule has 2 saturated heterocycles. The highest BCUT2D eigenvalue weighted by molar-refractivity contribution is 7.89. The van der Waals surface area contributed by atoms with Crippen LogP contribution in [0.3, 0.4) is 0 Å². The van der Waals surface area contributed by atoms with E-state index in [9.17, 15) is 12.8 Å². The normalized spacial score (nSPS) is 19.6. The molecule has 2 aromatic rings. The highest BCUT2D eigenvalue weighted by atomic mass is 35.5. The molecule has 31 heavy (non-hydrogen) atoms. The maximum atomic E-state index is 14.0. The predicted molar refractivity (Wildman–Crippen MR) is 119 cm³/mol. The van der Waals surface area contributed by atoms with E-state index in [2.05, 4.69) is 19.7 Å². The second-order valence-corrected chi connectivity index (χ2v) is 10.4. The highest BCUT2D eigenvalue weighted by Crippen LogP contribution is 2.23. The molecule has 0 aliphatic carbocycles. The fourth-order valence-corrected chi connectivity index (χ4v) is 5.52. The molecule has 10 heteroatoms. The topological polar surface area (TPSA) is 60.0 Å². The van der Waals surface area contributed by atoms with Gasteiger partial charge in [-0.3, -0.25) is 4.90 Å². The van der Waals surface area contributed by atoms with Gasteiger partial charge in [0.2, 0.25) is 10.0 Å². The summed E-state index contributed by atoms with van der Waals surface area (Å²) in [5.41, 5.74) is 0.522. The number of pyridine rings is 1. The molecule has 0 spiro atoms. The average molecular weight is 468 g/mol. The Hall–Kier alpha value is -1.78. The van der Waals surface area contributed by atoms with Crippen LogP contribution in [0, 0.1) is 5.82 Å². The molecule has 7 nitrogen and oxygen atoms in total. The lowest BCUT2D eigenvalue weighted by Crippen LogP contribution is -2.47. The molecule has 1 aromatic heterocycles. The van der Waals surface area contributed by atoms with Gasteiger partial charge in [0, 0.05) is 75.7 Å². The van der Waals surface area contributed by atoms with Crippen molar-refractivity contribution >= 4 is 27.4 Å². The molecule has 2 aliphatic heterocycles. The molecule has 168 valence electrons. The molecule has 1 aromatic carbocycles. The summed E-state index contributed by atoms with van der Waals surface area (Å²) >= 11 is 6.15. The van der Waals surface area contributed by atoms with Crippen LogP contribution in [-0.4, -0.2) is 86.9 Å². The lowest BCUT2D eigenvalue weighted by atomic mass is 10.2. The van der Waals surface area contributed by atoms with Crippen molar-refractivity contribution in [2.24, 2.45) is 0 Å². The van der Waals surface area contributed by atoms with Crippen molar-refractivity contribution < 1.29 is 12.8 Å². The van der Waals surface area contributed by atoms with E-state index in [1.54, 1.807) is 24.3 Å². The van der Waals surface area contributed by atoms with Crippen LogP contribution in [0.5, 0.6) is 0 Å². The molecule has 0 N–H and O–H groups in total. The Labute approximate surface area is 188 Å². The molecule has 0 saturated carbocycles. The maximum Gasteiger partial charge on any atom is 0.244 e. The zero-order valence-corrected chi connectivity index (χ0v) is 19.1. The van der Waals surface area contributed by atoms with E-state index in [0.717, 1.165) is 45.1 Å². The fourth-order valence-electron chi connectivity index (χ4n) is 3.93. The van der Waals surface area contributed by atoms with Crippen LogP contribution >= 0.6 is 11.6 Å². The van der Waals surface area contributed by atoms with E-state index >= 15 is 0 Å².